The summed E-state index contributed by atoms with van der Waals surface area (Å²) < 4.78 is 7.19. The number of hydrogen-bond donors (Lipinski definition) is 2. The molecule has 146 valence electrons. The van der Waals surface area contributed by atoms with Crippen molar-refractivity contribution in [3.05, 3.63) is 64.9 Å². The lowest BCUT2D eigenvalue weighted by atomic mass is 9.92. The topological polar surface area (TPSA) is 76.9 Å². The van der Waals surface area contributed by atoms with Gasteiger partial charge in [0.1, 0.15) is 12.1 Å². The number of nitrogens with zero attached hydrogens (tertiary/aromatic N) is 4. The molecule has 2 atom stereocenters. The number of benzene rings is 2. The Morgan fingerprint density at radius 2 is 2.21 bits per heavy atom. The third kappa shape index (κ3) is 4.16. The first-order valence-electron chi connectivity index (χ1n) is 9.37. The summed E-state index contributed by atoms with van der Waals surface area (Å²) in [7, 11) is 1.69. The maximum absolute atomic E-state index is 6.21. The van der Waals surface area contributed by atoms with E-state index in [1.807, 2.05) is 36.4 Å². The van der Waals surface area contributed by atoms with Crippen LogP contribution in [0.15, 0.2) is 48.8 Å². The zero-order chi connectivity index (χ0) is 19.3. The minimum atomic E-state index is 0.223. The van der Waals surface area contributed by atoms with Gasteiger partial charge in [0.05, 0.1) is 12.8 Å². The zero-order valence-corrected chi connectivity index (χ0v) is 16.4. The minimum absolute atomic E-state index is 0.223. The van der Waals surface area contributed by atoms with Gasteiger partial charge < -0.3 is 15.4 Å². The standard InChI is InChI=1S/C20H23ClN6O/c1-28-19-8-7-17(27-13-24-25-26-27)11-15(19)12-23-18-6-3-9-22-20(18)14-4-2-5-16(21)10-14/h2,4-5,7-8,10-11,13,18,20,22-23H,3,6,9,12H2,1H3/t18-,20-/m0/s1. The van der Waals surface area contributed by atoms with Gasteiger partial charge in [-0.3, -0.25) is 0 Å². The largest absolute Gasteiger partial charge is 0.496 e. The number of ether oxygens (including phenoxy) is 1. The Hall–Kier alpha value is -2.48. The molecule has 1 aromatic heterocycles. The lowest BCUT2D eigenvalue weighted by Gasteiger charge is -2.34. The molecule has 0 saturated carbocycles. The van der Waals surface area contributed by atoms with E-state index in [0.717, 1.165) is 41.4 Å². The molecule has 28 heavy (non-hydrogen) atoms. The van der Waals surface area contributed by atoms with Crippen molar-refractivity contribution in [1.29, 1.82) is 0 Å². The average molecular weight is 399 g/mol. The molecule has 2 heterocycles. The fourth-order valence-electron chi connectivity index (χ4n) is 3.72. The van der Waals surface area contributed by atoms with E-state index < -0.39 is 0 Å². The maximum atomic E-state index is 6.21. The van der Waals surface area contributed by atoms with Gasteiger partial charge in [0, 0.05) is 29.2 Å². The van der Waals surface area contributed by atoms with Crippen LogP contribution in [0.1, 0.15) is 30.0 Å². The maximum Gasteiger partial charge on any atom is 0.143 e. The van der Waals surface area contributed by atoms with Crippen molar-refractivity contribution in [1.82, 2.24) is 30.8 Å². The van der Waals surface area contributed by atoms with E-state index >= 15 is 0 Å². The highest BCUT2D eigenvalue weighted by atomic mass is 35.5. The third-order valence-electron chi connectivity index (χ3n) is 5.10. The van der Waals surface area contributed by atoms with Crippen LogP contribution in [0.4, 0.5) is 0 Å². The number of tetrazole rings is 1. The molecule has 0 aliphatic carbocycles. The average Bonchev–Trinajstić information content (AvgIpc) is 3.27. The van der Waals surface area contributed by atoms with Crippen LogP contribution in [-0.2, 0) is 6.54 Å². The van der Waals surface area contributed by atoms with E-state index in [2.05, 4.69) is 32.2 Å². The molecule has 1 saturated heterocycles. The Labute approximate surface area is 169 Å². The lowest BCUT2D eigenvalue weighted by Crippen LogP contribution is -2.45. The molecule has 8 heteroatoms. The van der Waals surface area contributed by atoms with Gasteiger partial charge in [0.15, 0.2) is 0 Å². The number of rotatable bonds is 6. The SMILES string of the molecule is COc1ccc(-n2cnnn2)cc1CN[C@H]1CCCN[C@H]1c1cccc(Cl)c1. The summed E-state index contributed by atoms with van der Waals surface area (Å²) >= 11 is 6.21. The Balaban J connectivity index is 1.53. The predicted octanol–water partition coefficient (Wildman–Crippen LogP) is 2.91. The molecule has 0 radical (unpaired) electrons. The molecule has 1 aliphatic heterocycles. The van der Waals surface area contributed by atoms with Gasteiger partial charge in [-0.1, -0.05) is 23.7 Å². The van der Waals surface area contributed by atoms with E-state index in [0.29, 0.717) is 12.6 Å². The number of piperidine rings is 1. The first-order valence-corrected chi connectivity index (χ1v) is 9.75. The molecule has 0 bridgehead atoms. The summed E-state index contributed by atoms with van der Waals surface area (Å²) in [6, 6.07) is 14.5. The van der Waals surface area contributed by atoms with Crippen LogP contribution in [0.3, 0.4) is 0 Å². The van der Waals surface area contributed by atoms with Crippen molar-refractivity contribution in [3.8, 4) is 11.4 Å². The summed E-state index contributed by atoms with van der Waals surface area (Å²) in [4.78, 5) is 0. The van der Waals surface area contributed by atoms with Crippen LogP contribution < -0.4 is 15.4 Å². The molecule has 0 spiro atoms. The highest BCUT2D eigenvalue weighted by molar-refractivity contribution is 6.30. The fraction of sp³-hybridized carbons (Fsp3) is 0.350. The summed E-state index contributed by atoms with van der Waals surface area (Å²) in [5.41, 5.74) is 3.17. The van der Waals surface area contributed by atoms with E-state index in [-0.39, 0.29) is 6.04 Å². The van der Waals surface area contributed by atoms with Gasteiger partial charge in [0.25, 0.3) is 0 Å². The Morgan fingerprint density at radius 3 is 3.00 bits per heavy atom. The van der Waals surface area contributed by atoms with Crippen LogP contribution in [0.5, 0.6) is 5.75 Å². The highest BCUT2D eigenvalue weighted by Crippen LogP contribution is 2.27. The van der Waals surface area contributed by atoms with E-state index in [4.69, 9.17) is 16.3 Å². The second-order valence-electron chi connectivity index (χ2n) is 6.87. The smallest absolute Gasteiger partial charge is 0.143 e. The van der Waals surface area contributed by atoms with E-state index in [9.17, 15) is 0 Å². The number of hydrogen-bond acceptors (Lipinski definition) is 6. The fourth-order valence-corrected chi connectivity index (χ4v) is 3.92. The number of aromatic nitrogens is 4. The molecular weight excluding hydrogens is 376 g/mol. The van der Waals surface area contributed by atoms with Gasteiger partial charge in [-0.15, -0.1) is 5.10 Å². The highest BCUT2D eigenvalue weighted by Gasteiger charge is 2.26. The Bertz CT molecular complexity index is 917. The van der Waals surface area contributed by atoms with Gasteiger partial charge in [0.2, 0.25) is 0 Å². The molecular formula is C20H23ClN6O. The van der Waals surface area contributed by atoms with Gasteiger partial charge in [-0.05, 0) is 65.7 Å². The van der Waals surface area contributed by atoms with Crippen LogP contribution >= 0.6 is 11.6 Å². The van der Waals surface area contributed by atoms with Gasteiger partial charge in [-0.25, -0.2) is 4.68 Å². The summed E-state index contributed by atoms with van der Waals surface area (Å²) in [5, 5.41) is 19.5. The molecule has 1 fully saturated rings. The van der Waals surface area contributed by atoms with Crippen molar-refractivity contribution in [2.75, 3.05) is 13.7 Å². The first-order chi connectivity index (χ1) is 13.7. The predicted molar refractivity (Wildman–Crippen MR) is 108 cm³/mol. The van der Waals surface area contributed by atoms with Gasteiger partial charge >= 0.3 is 0 Å². The van der Waals surface area contributed by atoms with Gasteiger partial charge in [-0.2, -0.15) is 0 Å². The van der Waals surface area contributed by atoms with Crippen molar-refractivity contribution in [2.45, 2.75) is 31.5 Å². The van der Waals surface area contributed by atoms with Crippen molar-refractivity contribution in [2.24, 2.45) is 0 Å². The van der Waals surface area contributed by atoms with Crippen molar-refractivity contribution < 1.29 is 4.74 Å². The summed E-state index contributed by atoms with van der Waals surface area (Å²) in [5.74, 6) is 0.840. The van der Waals surface area contributed by atoms with E-state index in [1.54, 1.807) is 18.1 Å². The second-order valence-corrected chi connectivity index (χ2v) is 7.30. The minimum Gasteiger partial charge on any atom is -0.496 e. The number of nitrogens with one attached hydrogen (secondary N) is 2. The third-order valence-corrected chi connectivity index (χ3v) is 5.33. The van der Waals surface area contributed by atoms with Crippen molar-refractivity contribution >= 4 is 11.6 Å². The first kappa shape index (κ1) is 18.9. The summed E-state index contributed by atoms with van der Waals surface area (Å²) in [6.45, 7) is 1.69. The van der Waals surface area contributed by atoms with E-state index in [1.165, 1.54) is 5.56 Å². The molecule has 0 unspecified atom stereocenters. The molecule has 3 aromatic rings. The molecule has 2 N–H and O–H groups in total. The molecule has 2 aromatic carbocycles. The van der Waals surface area contributed by atoms with Crippen molar-refractivity contribution in [3.63, 3.8) is 0 Å². The van der Waals surface area contributed by atoms with Crippen LogP contribution in [0.25, 0.3) is 5.69 Å². The van der Waals surface area contributed by atoms with Crippen LogP contribution in [0.2, 0.25) is 5.02 Å². The Morgan fingerprint density at radius 1 is 1.29 bits per heavy atom. The number of methoxy groups -OCH3 is 1. The Kier molecular flexibility index (Phi) is 5.85. The number of halogens is 1. The normalized spacial score (nSPS) is 19.5. The van der Waals surface area contributed by atoms with Crippen LogP contribution in [-0.4, -0.2) is 39.9 Å². The summed E-state index contributed by atoms with van der Waals surface area (Å²) in [6.07, 6.45) is 3.81. The van der Waals surface area contributed by atoms with Crippen LogP contribution in [0, 0.1) is 0 Å². The molecule has 4 rings (SSSR count). The molecule has 1 aliphatic rings. The zero-order valence-electron chi connectivity index (χ0n) is 15.7. The lowest BCUT2D eigenvalue weighted by molar-refractivity contribution is 0.303. The monoisotopic (exact) mass is 398 g/mol. The second kappa shape index (κ2) is 8.68. The quantitative estimate of drug-likeness (QED) is 0.664. The molecule has 0 amide bonds. The molecule has 7 nitrogen and oxygen atoms in total.